The quantitative estimate of drug-likeness (QED) is 0.811. The van der Waals surface area contributed by atoms with Crippen LogP contribution in [-0.4, -0.2) is 50.8 Å². The average Bonchev–Trinajstić information content (AvgIpc) is 2.43. The second kappa shape index (κ2) is 8.35. The maximum Gasteiger partial charge on any atom is 0.0506 e. The lowest BCUT2D eigenvalue weighted by Gasteiger charge is -2.38. The molecule has 0 aromatic carbocycles. The van der Waals surface area contributed by atoms with Crippen molar-refractivity contribution in [1.29, 1.82) is 0 Å². The molecule has 3 heteroatoms. The van der Waals surface area contributed by atoms with E-state index in [-0.39, 0.29) is 0 Å². The summed E-state index contributed by atoms with van der Waals surface area (Å²) in [5.74, 6) is 2.49. The average molecular weight is 282 g/mol. The first kappa shape index (κ1) is 16.3. The van der Waals surface area contributed by atoms with Gasteiger partial charge in [0.1, 0.15) is 0 Å². The third-order valence-corrected chi connectivity index (χ3v) is 5.08. The SMILES string of the molecule is CCNC1CCC(C)CC1CN(C)CC1CCCOC1. The van der Waals surface area contributed by atoms with Gasteiger partial charge in [-0.05, 0) is 63.5 Å². The van der Waals surface area contributed by atoms with E-state index in [1.165, 1.54) is 45.2 Å². The summed E-state index contributed by atoms with van der Waals surface area (Å²) in [7, 11) is 2.30. The summed E-state index contributed by atoms with van der Waals surface area (Å²) in [4.78, 5) is 2.56. The molecule has 4 atom stereocenters. The Hall–Kier alpha value is -0.120. The van der Waals surface area contributed by atoms with E-state index in [9.17, 15) is 0 Å². The third-order valence-electron chi connectivity index (χ3n) is 5.08. The Bertz CT molecular complexity index is 266. The molecule has 0 spiro atoms. The Balaban J connectivity index is 1.78. The summed E-state index contributed by atoms with van der Waals surface area (Å²) in [6, 6.07) is 0.737. The van der Waals surface area contributed by atoms with E-state index in [0.29, 0.717) is 0 Å². The largest absolute Gasteiger partial charge is 0.381 e. The molecule has 20 heavy (non-hydrogen) atoms. The monoisotopic (exact) mass is 282 g/mol. The molecule has 2 rings (SSSR count). The van der Waals surface area contributed by atoms with Gasteiger partial charge >= 0.3 is 0 Å². The Kier molecular flexibility index (Phi) is 6.79. The normalized spacial score (nSPS) is 35.4. The Morgan fingerprint density at radius 1 is 1.20 bits per heavy atom. The van der Waals surface area contributed by atoms with Crippen molar-refractivity contribution in [2.75, 3.05) is 39.9 Å². The van der Waals surface area contributed by atoms with Gasteiger partial charge in [-0.3, -0.25) is 0 Å². The van der Waals surface area contributed by atoms with Gasteiger partial charge in [0, 0.05) is 25.7 Å². The number of rotatable bonds is 6. The van der Waals surface area contributed by atoms with Gasteiger partial charge in [-0.2, -0.15) is 0 Å². The van der Waals surface area contributed by atoms with Crippen molar-refractivity contribution in [2.24, 2.45) is 17.8 Å². The van der Waals surface area contributed by atoms with Crippen LogP contribution in [0.25, 0.3) is 0 Å². The summed E-state index contributed by atoms with van der Waals surface area (Å²) in [6.07, 6.45) is 6.75. The minimum Gasteiger partial charge on any atom is -0.381 e. The molecule has 1 heterocycles. The van der Waals surface area contributed by atoms with Crippen molar-refractivity contribution in [3.63, 3.8) is 0 Å². The molecule has 1 aliphatic heterocycles. The van der Waals surface area contributed by atoms with Crippen molar-refractivity contribution in [2.45, 2.75) is 52.0 Å². The van der Waals surface area contributed by atoms with Gasteiger partial charge in [0.15, 0.2) is 0 Å². The molecule has 0 bridgehead atoms. The molecule has 118 valence electrons. The van der Waals surface area contributed by atoms with Crippen molar-refractivity contribution in [3.05, 3.63) is 0 Å². The number of hydrogen-bond donors (Lipinski definition) is 1. The predicted octanol–water partition coefficient (Wildman–Crippen LogP) is 2.76. The minimum atomic E-state index is 0.737. The second-order valence-corrected chi connectivity index (χ2v) is 7.15. The smallest absolute Gasteiger partial charge is 0.0506 e. The van der Waals surface area contributed by atoms with Crippen molar-refractivity contribution >= 4 is 0 Å². The van der Waals surface area contributed by atoms with Gasteiger partial charge < -0.3 is 15.0 Å². The van der Waals surface area contributed by atoms with Crippen molar-refractivity contribution in [1.82, 2.24) is 10.2 Å². The van der Waals surface area contributed by atoms with Crippen LogP contribution in [0.4, 0.5) is 0 Å². The fourth-order valence-corrected chi connectivity index (χ4v) is 4.10. The van der Waals surface area contributed by atoms with E-state index in [1.54, 1.807) is 0 Å². The minimum absolute atomic E-state index is 0.737. The van der Waals surface area contributed by atoms with Crippen LogP contribution in [-0.2, 0) is 4.74 Å². The number of hydrogen-bond acceptors (Lipinski definition) is 3. The number of nitrogens with one attached hydrogen (secondary N) is 1. The van der Waals surface area contributed by atoms with Gasteiger partial charge in [0.2, 0.25) is 0 Å². The van der Waals surface area contributed by atoms with Gasteiger partial charge in [0.05, 0.1) is 6.61 Å². The van der Waals surface area contributed by atoms with Gasteiger partial charge in [-0.1, -0.05) is 13.8 Å². The Labute approximate surface area is 125 Å². The topological polar surface area (TPSA) is 24.5 Å². The van der Waals surface area contributed by atoms with Crippen LogP contribution in [0.5, 0.6) is 0 Å². The zero-order chi connectivity index (χ0) is 14.4. The van der Waals surface area contributed by atoms with E-state index in [0.717, 1.165) is 43.6 Å². The van der Waals surface area contributed by atoms with E-state index >= 15 is 0 Å². The maximum absolute atomic E-state index is 5.61. The molecule has 2 fully saturated rings. The van der Waals surface area contributed by atoms with E-state index in [2.05, 4.69) is 31.1 Å². The van der Waals surface area contributed by atoms with Crippen LogP contribution in [0.3, 0.4) is 0 Å². The summed E-state index contributed by atoms with van der Waals surface area (Å²) in [6.45, 7) is 10.2. The second-order valence-electron chi connectivity index (χ2n) is 7.15. The maximum atomic E-state index is 5.61. The summed E-state index contributed by atoms with van der Waals surface area (Å²) >= 11 is 0. The van der Waals surface area contributed by atoms with Gasteiger partial charge in [-0.15, -0.1) is 0 Å². The molecule has 0 amide bonds. The molecule has 1 N–H and O–H groups in total. The van der Waals surface area contributed by atoms with Gasteiger partial charge in [0.25, 0.3) is 0 Å². The van der Waals surface area contributed by atoms with Crippen LogP contribution < -0.4 is 5.32 Å². The molecule has 0 aromatic heterocycles. The van der Waals surface area contributed by atoms with E-state index in [4.69, 9.17) is 4.74 Å². The van der Waals surface area contributed by atoms with Crippen LogP contribution in [0.2, 0.25) is 0 Å². The molecule has 3 nitrogen and oxygen atoms in total. The summed E-state index contributed by atoms with van der Waals surface area (Å²) < 4.78 is 5.61. The molecule has 2 aliphatic rings. The highest BCUT2D eigenvalue weighted by Crippen LogP contribution is 2.30. The van der Waals surface area contributed by atoms with Crippen molar-refractivity contribution < 1.29 is 4.74 Å². The number of ether oxygens (including phenoxy) is 1. The molecule has 0 aromatic rings. The lowest BCUT2D eigenvalue weighted by molar-refractivity contribution is 0.0373. The van der Waals surface area contributed by atoms with Crippen molar-refractivity contribution in [3.8, 4) is 0 Å². The lowest BCUT2D eigenvalue weighted by Crippen LogP contribution is -2.45. The molecule has 1 saturated heterocycles. The molecular formula is C17H34N2O. The molecule has 1 aliphatic carbocycles. The number of nitrogens with zero attached hydrogens (tertiary/aromatic N) is 1. The van der Waals surface area contributed by atoms with Crippen LogP contribution in [0.15, 0.2) is 0 Å². The molecule has 1 saturated carbocycles. The fraction of sp³-hybridized carbons (Fsp3) is 1.00. The predicted molar refractivity (Wildman–Crippen MR) is 85.0 cm³/mol. The van der Waals surface area contributed by atoms with Gasteiger partial charge in [-0.25, -0.2) is 0 Å². The first-order chi connectivity index (χ1) is 9.69. The molecular weight excluding hydrogens is 248 g/mol. The Morgan fingerprint density at radius 2 is 2.05 bits per heavy atom. The fourth-order valence-electron chi connectivity index (χ4n) is 4.10. The zero-order valence-electron chi connectivity index (χ0n) is 13.7. The highest BCUT2D eigenvalue weighted by molar-refractivity contribution is 4.85. The Morgan fingerprint density at radius 3 is 2.75 bits per heavy atom. The van der Waals surface area contributed by atoms with Crippen LogP contribution in [0, 0.1) is 17.8 Å². The third kappa shape index (κ3) is 5.01. The molecule has 0 radical (unpaired) electrons. The van der Waals surface area contributed by atoms with Crippen LogP contribution >= 0.6 is 0 Å². The first-order valence-corrected chi connectivity index (χ1v) is 8.68. The first-order valence-electron chi connectivity index (χ1n) is 8.68. The zero-order valence-corrected chi connectivity index (χ0v) is 13.7. The standard InChI is InChI=1S/C17H34N2O/c1-4-18-17-8-7-14(2)10-16(17)12-19(3)11-15-6-5-9-20-13-15/h14-18H,4-13H2,1-3H3. The molecule has 4 unspecified atom stereocenters. The highest BCUT2D eigenvalue weighted by Gasteiger charge is 2.29. The summed E-state index contributed by atoms with van der Waals surface area (Å²) in [5, 5.41) is 3.71. The summed E-state index contributed by atoms with van der Waals surface area (Å²) in [5.41, 5.74) is 0. The van der Waals surface area contributed by atoms with Crippen LogP contribution in [0.1, 0.15) is 46.0 Å². The highest BCUT2D eigenvalue weighted by atomic mass is 16.5. The van der Waals surface area contributed by atoms with E-state index in [1.807, 2.05) is 0 Å². The van der Waals surface area contributed by atoms with E-state index < -0.39 is 0 Å². The lowest BCUT2D eigenvalue weighted by atomic mass is 9.78.